The molecule has 1 unspecified atom stereocenters. The van der Waals surface area contributed by atoms with Crippen LogP contribution in [-0.2, 0) is 4.74 Å². The van der Waals surface area contributed by atoms with Gasteiger partial charge in [0.05, 0.1) is 6.10 Å². The second-order valence-electron chi connectivity index (χ2n) is 5.42. The van der Waals surface area contributed by atoms with Crippen LogP contribution in [0.5, 0.6) is 0 Å². The minimum Gasteiger partial charge on any atom is -0.376 e. The Hall–Kier alpha value is -1.62. The van der Waals surface area contributed by atoms with Crippen LogP contribution in [0.2, 0.25) is 0 Å². The number of amides is 1. The first-order valence-electron chi connectivity index (χ1n) is 7.19. The van der Waals surface area contributed by atoms with Crippen LogP contribution < -0.4 is 10.6 Å². The minimum absolute atomic E-state index is 0.0682. The SMILES string of the molecule is CNc1cc(C(=O)NCC2CCCO2)cc(C(C)C)n1. The highest BCUT2D eigenvalue weighted by Gasteiger charge is 2.17. The number of anilines is 1. The fraction of sp³-hybridized carbons (Fsp3) is 0.600. The third-order valence-corrected chi connectivity index (χ3v) is 3.47. The van der Waals surface area contributed by atoms with Crippen molar-refractivity contribution in [1.82, 2.24) is 10.3 Å². The Balaban J connectivity index is 2.05. The molecule has 0 aromatic carbocycles. The maximum atomic E-state index is 12.2. The van der Waals surface area contributed by atoms with Gasteiger partial charge in [-0.25, -0.2) is 4.98 Å². The lowest BCUT2D eigenvalue weighted by molar-refractivity contribution is 0.0857. The molecule has 1 amide bonds. The Bertz CT molecular complexity index is 468. The molecule has 2 rings (SSSR count). The van der Waals surface area contributed by atoms with Crippen molar-refractivity contribution in [2.45, 2.75) is 38.7 Å². The number of carbonyl (C=O) groups is 1. The van der Waals surface area contributed by atoms with Crippen molar-refractivity contribution >= 4 is 11.7 Å². The molecule has 20 heavy (non-hydrogen) atoms. The molecule has 2 heterocycles. The van der Waals surface area contributed by atoms with Gasteiger partial charge in [-0.2, -0.15) is 0 Å². The molecule has 1 aliphatic heterocycles. The highest BCUT2D eigenvalue weighted by atomic mass is 16.5. The summed E-state index contributed by atoms with van der Waals surface area (Å²) in [6, 6.07) is 3.63. The van der Waals surface area contributed by atoms with E-state index in [4.69, 9.17) is 4.74 Å². The predicted molar refractivity (Wildman–Crippen MR) is 79.2 cm³/mol. The molecule has 1 fully saturated rings. The Morgan fingerprint density at radius 2 is 2.30 bits per heavy atom. The zero-order valence-corrected chi connectivity index (χ0v) is 12.4. The van der Waals surface area contributed by atoms with Crippen molar-refractivity contribution in [2.24, 2.45) is 0 Å². The lowest BCUT2D eigenvalue weighted by atomic mass is 10.1. The first kappa shape index (κ1) is 14.8. The molecule has 5 heteroatoms. The summed E-state index contributed by atoms with van der Waals surface area (Å²) in [6.07, 6.45) is 2.27. The van der Waals surface area contributed by atoms with Gasteiger partial charge in [-0.15, -0.1) is 0 Å². The van der Waals surface area contributed by atoms with Crippen LogP contribution in [0, 0.1) is 0 Å². The lowest BCUT2D eigenvalue weighted by Gasteiger charge is -2.13. The highest BCUT2D eigenvalue weighted by molar-refractivity contribution is 5.95. The van der Waals surface area contributed by atoms with Gasteiger partial charge >= 0.3 is 0 Å². The third kappa shape index (κ3) is 3.70. The number of nitrogens with zero attached hydrogens (tertiary/aromatic N) is 1. The van der Waals surface area contributed by atoms with E-state index in [1.807, 2.05) is 6.07 Å². The van der Waals surface area contributed by atoms with E-state index < -0.39 is 0 Å². The van der Waals surface area contributed by atoms with E-state index in [0.717, 1.165) is 31.0 Å². The molecule has 0 saturated carbocycles. The van der Waals surface area contributed by atoms with Gasteiger partial charge in [0.15, 0.2) is 0 Å². The zero-order valence-electron chi connectivity index (χ0n) is 12.4. The van der Waals surface area contributed by atoms with Crippen molar-refractivity contribution in [1.29, 1.82) is 0 Å². The second kappa shape index (κ2) is 6.70. The van der Waals surface area contributed by atoms with Crippen molar-refractivity contribution in [2.75, 3.05) is 25.5 Å². The molecule has 1 aromatic rings. The summed E-state index contributed by atoms with van der Waals surface area (Å²) in [7, 11) is 1.81. The first-order chi connectivity index (χ1) is 9.60. The van der Waals surface area contributed by atoms with Crippen LogP contribution in [0.1, 0.15) is 48.7 Å². The van der Waals surface area contributed by atoms with E-state index in [2.05, 4.69) is 29.5 Å². The Morgan fingerprint density at radius 3 is 2.90 bits per heavy atom. The van der Waals surface area contributed by atoms with E-state index in [-0.39, 0.29) is 17.9 Å². The number of hydrogen-bond donors (Lipinski definition) is 2. The predicted octanol–water partition coefficient (Wildman–Crippen LogP) is 2.16. The summed E-state index contributed by atoms with van der Waals surface area (Å²) >= 11 is 0. The maximum Gasteiger partial charge on any atom is 0.251 e. The first-order valence-corrected chi connectivity index (χ1v) is 7.19. The summed E-state index contributed by atoms with van der Waals surface area (Å²) in [4.78, 5) is 16.7. The average molecular weight is 277 g/mol. The molecule has 0 aliphatic carbocycles. The van der Waals surface area contributed by atoms with E-state index >= 15 is 0 Å². The second-order valence-corrected chi connectivity index (χ2v) is 5.42. The molecular formula is C15H23N3O2. The van der Waals surface area contributed by atoms with E-state index in [0.29, 0.717) is 12.1 Å². The largest absolute Gasteiger partial charge is 0.376 e. The monoisotopic (exact) mass is 277 g/mol. The number of pyridine rings is 1. The van der Waals surface area contributed by atoms with Crippen molar-refractivity contribution < 1.29 is 9.53 Å². The fourth-order valence-corrected chi connectivity index (χ4v) is 2.22. The number of nitrogens with one attached hydrogen (secondary N) is 2. The van der Waals surface area contributed by atoms with Crippen molar-refractivity contribution in [3.8, 4) is 0 Å². The number of aromatic nitrogens is 1. The van der Waals surface area contributed by atoms with Gasteiger partial charge in [0, 0.05) is 31.5 Å². The topological polar surface area (TPSA) is 63.2 Å². The molecule has 0 radical (unpaired) electrons. The van der Waals surface area contributed by atoms with Crippen LogP contribution in [-0.4, -0.2) is 37.2 Å². The Morgan fingerprint density at radius 1 is 1.50 bits per heavy atom. The Labute approximate surface area is 120 Å². The fourth-order valence-electron chi connectivity index (χ4n) is 2.22. The molecule has 110 valence electrons. The van der Waals surface area contributed by atoms with E-state index in [1.165, 1.54) is 0 Å². The minimum atomic E-state index is -0.0682. The van der Waals surface area contributed by atoms with Crippen LogP contribution in [0.4, 0.5) is 5.82 Å². The summed E-state index contributed by atoms with van der Waals surface area (Å²) < 4.78 is 5.51. The van der Waals surface area contributed by atoms with Crippen LogP contribution in [0.25, 0.3) is 0 Å². The summed E-state index contributed by atoms with van der Waals surface area (Å²) in [6.45, 7) is 5.51. The van der Waals surface area contributed by atoms with Crippen molar-refractivity contribution in [3.63, 3.8) is 0 Å². The molecule has 0 spiro atoms. The number of rotatable bonds is 5. The number of carbonyl (C=O) groups excluding carboxylic acids is 1. The van der Waals surface area contributed by atoms with Gasteiger partial charge in [-0.3, -0.25) is 4.79 Å². The number of hydrogen-bond acceptors (Lipinski definition) is 4. The van der Waals surface area contributed by atoms with Gasteiger partial charge in [0.2, 0.25) is 0 Å². The molecule has 1 atom stereocenters. The van der Waals surface area contributed by atoms with Crippen molar-refractivity contribution in [3.05, 3.63) is 23.4 Å². The van der Waals surface area contributed by atoms with E-state index in [9.17, 15) is 4.79 Å². The van der Waals surface area contributed by atoms with Crippen LogP contribution in [0.15, 0.2) is 12.1 Å². The molecule has 5 nitrogen and oxygen atoms in total. The van der Waals surface area contributed by atoms with Crippen LogP contribution in [0.3, 0.4) is 0 Å². The Kier molecular flexibility index (Phi) is 4.95. The molecule has 1 saturated heterocycles. The molecule has 2 N–H and O–H groups in total. The molecule has 0 bridgehead atoms. The smallest absolute Gasteiger partial charge is 0.251 e. The highest BCUT2D eigenvalue weighted by Crippen LogP contribution is 2.17. The summed E-state index contributed by atoms with van der Waals surface area (Å²) in [5.74, 6) is 0.938. The van der Waals surface area contributed by atoms with Gasteiger partial charge in [0.1, 0.15) is 5.82 Å². The number of ether oxygens (including phenoxy) is 1. The lowest BCUT2D eigenvalue weighted by Crippen LogP contribution is -2.31. The van der Waals surface area contributed by atoms with Gasteiger partial charge < -0.3 is 15.4 Å². The normalized spacial score (nSPS) is 18.3. The van der Waals surface area contributed by atoms with E-state index in [1.54, 1.807) is 13.1 Å². The quantitative estimate of drug-likeness (QED) is 0.865. The van der Waals surface area contributed by atoms with Gasteiger partial charge in [-0.05, 0) is 30.9 Å². The maximum absolute atomic E-state index is 12.2. The van der Waals surface area contributed by atoms with Crippen LogP contribution >= 0.6 is 0 Å². The average Bonchev–Trinajstić information content (AvgIpc) is 2.97. The summed E-state index contributed by atoms with van der Waals surface area (Å²) in [5, 5.41) is 5.94. The molecule has 1 aliphatic rings. The third-order valence-electron chi connectivity index (χ3n) is 3.47. The zero-order chi connectivity index (χ0) is 14.5. The van der Waals surface area contributed by atoms with Gasteiger partial charge in [-0.1, -0.05) is 13.8 Å². The standard InChI is InChI=1S/C15H23N3O2/c1-10(2)13-7-11(8-14(16-3)18-13)15(19)17-9-12-5-4-6-20-12/h7-8,10,12H,4-6,9H2,1-3H3,(H,16,18)(H,17,19). The molecule has 1 aromatic heterocycles. The summed E-state index contributed by atoms with van der Waals surface area (Å²) in [5.41, 5.74) is 1.56. The van der Waals surface area contributed by atoms with Gasteiger partial charge in [0.25, 0.3) is 5.91 Å². The molecular weight excluding hydrogens is 254 g/mol.